The molecule has 5 rings (SSSR count). The molecule has 1 saturated carbocycles. The number of hydrogen-bond donors (Lipinski definition) is 0. The van der Waals surface area contributed by atoms with Crippen LogP contribution in [0.1, 0.15) is 33.6 Å². The Balaban J connectivity index is 1.42. The van der Waals surface area contributed by atoms with Crippen LogP contribution in [0.2, 0.25) is 0 Å². The zero-order valence-corrected chi connectivity index (χ0v) is 18.9. The summed E-state index contributed by atoms with van der Waals surface area (Å²) < 4.78 is 12.8. The Morgan fingerprint density at radius 3 is 2.69 bits per heavy atom. The van der Waals surface area contributed by atoms with E-state index in [1.165, 1.54) is 0 Å². The standard InChI is InChI=1S/C23H28N6O3/c1-22(2,3)32-21(30)28-13-12-27(15-23(28)8-9-23)18-7-11-29-19(26-18)17(14-25-29)16-6-5-10-24-20(16)31-4/h5-7,10-11,14H,8-9,12-13,15H2,1-4H3. The lowest BCUT2D eigenvalue weighted by Gasteiger charge is -2.42. The number of hydrogen-bond acceptors (Lipinski definition) is 7. The summed E-state index contributed by atoms with van der Waals surface area (Å²) in [6.45, 7) is 7.77. The molecule has 9 nitrogen and oxygen atoms in total. The normalized spacial score (nSPS) is 17.6. The molecule has 32 heavy (non-hydrogen) atoms. The number of amides is 1. The molecule has 1 saturated heterocycles. The summed E-state index contributed by atoms with van der Waals surface area (Å²) in [5, 5.41) is 4.45. The number of carbonyl (C=O) groups excluding carboxylic acids is 1. The van der Waals surface area contributed by atoms with Crippen molar-refractivity contribution >= 4 is 17.6 Å². The number of piperazine rings is 1. The molecule has 1 amide bonds. The van der Waals surface area contributed by atoms with Crippen LogP contribution in [0.3, 0.4) is 0 Å². The van der Waals surface area contributed by atoms with Crippen LogP contribution in [0.25, 0.3) is 16.8 Å². The van der Waals surface area contributed by atoms with Gasteiger partial charge in [-0.05, 0) is 51.8 Å². The predicted octanol–water partition coefficient (Wildman–Crippen LogP) is 3.39. The fraction of sp³-hybridized carbons (Fsp3) is 0.478. The topological polar surface area (TPSA) is 85.1 Å². The van der Waals surface area contributed by atoms with Crippen LogP contribution in [0, 0.1) is 0 Å². The molecule has 4 heterocycles. The Labute approximate surface area is 187 Å². The molecular formula is C23H28N6O3. The van der Waals surface area contributed by atoms with Gasteiger partial charge in [-0.25, -0.2) is 19.3 Å². The van der Waals surface area contributed by atoms with E-state index in [9.17, 15) is 4.79 Å². The fourth-order valence-corrected chi connectivity index (χ4v) is 4.33. The van der Waals surface area contributed by atoms with Gasteiger partial charge in [-0.2, -0.15) is 5.10 Å². The maximum atomic E-state index is 12.8. The average Bonchev–Trinajstić information content (AvgIpc) is 3.38. The molecular weight excluding hydrogens is 408 g/mol. The fourth-order valence-electron chi connectivity index (χ4n) is 4.33. The Kier molecular flexibility index (Phi) is 4.72. The van der Waals surface area contributed by atoms with Gasteiger partial charge in [0, 0.05) is 37.6 Å². The largest absolute Gasteiger partial charge is 0.481 e. The molecule has 9 heteroatoms. The highest BCUT2D eigenvalue weighted by Gasteiger charge is 2.54. The molecule has 2 aliphatic rings. The van der Waals surface area contributed by atoms with Crippen molar-refractivity contribution in [2.45, 2.75) is 44.8 Å². The third-order valence-electron chi connectivity index (χ3n) is 6.03. The molecule has 0 aromatic carbocycles. The van der Waals surface area contributed by atoms with Gasteiger partial charge in [0.05, 0.1) is 24.4 Å². The number of anilines is 1. The van der Waals surface area contributed by atoms with Crippen molar-refractivity contribution in [1.29, 1.82) is 0 Å². The van der Waals surface area contributed by atoms with E-state index in [4.69, 9.17) is 14.5 Å². The van der Waals surface area contributed by atoms with Crippen LogP contribution in [-0.4, -0.2) is 68.5 Å². The molecule has 1 spiro atoms. The van der Waals surface area contributed by atoms with E-state index < -0.39 is 5.60 Å². The molecule has 0 bridgehead atoms. The van der Waals surface area contributed by atoms with Crippen LogP contribution >= 0.6 is 0 Å². The molecule has 2 fully saturated rings. The minimum absolute atomic E-state index is 0.163. The van der Waals surface area contributed by atoms with Gasteiger partial charge in [0.25, 0.3) is 0 Å². The van der Waals surface area contributed by atoms with Crippen LogP contribution in [0.15, 0.2) is 36.8 Å². The van der Waals surface area contributed by atoms with E-state index in [0.29, 0.717) is 19.0 Å². The van der Waals surface area contributed by atoms with Gasteiger partial charge in [-0.3, -0.25) is 4.90 Å². The summed E-state index contributed by atoms with van der Waals surface area (Å²) in [7, 11) is 1.61. The van der Waals surface area contributed by atoms with Crippen LogP contribution in [0.5, 0.6) is 5.88 Å². The van der Waals surface area contributed by atoms with Gasteiger partial charge in [-0.1, -0.05) is 0 Å². The Hall–Kier alpha value is -3.36. The van der Waals surface area contributed by atoms with Gasteiger partial charge >= 0.3 is 6.09 Å². The summed E-state index contributed by atoms with van der Waals surface area (Å²) in [4.78, 5) is 26.2. The number of ether oxygens (including phenoxy) is 2. The molecule has 1 aliphatic heterocycles. The molecule has 3 aromatic rings. The SMILES string of the molecule is COc1ncccc1-c1cnn2ccc(N3CCN(C(=O)OC(C)(C)C)C4(CC4)C3)nc12. The zero-order valence-electron chi connectivity index (χ0n) is 18.9. The van der Waals surface area contributed by atoms with E-state index in [1.807, 2.05) is 50.1 Å². The number of carbonyl (C=O) groups is 1. The van der Waals surface area contributed by atoms with Crippen molar-refractivity contribution in [2.75, 3.05) is 31.6 Å². The van der Waals surface area contributed by atoms with Crippen LogP contribution in [0.4, 0.5) is 10.6 Å². The lowest BCUT2D eigenvalue weighted by atomic mass is 10.1. The number of pyridine rings is 1. The second kappa shape index (κ2) is 7.36. The summed E-state index contributed by atoms with van der Waals surface area (Å²) in [5.74, 6) is 1.41. The van der Waals surface area contributed by atoms with E-state index in [2.05, 4.69) is 15.0 Å². The first kappa shape index (κ1) is 20.5. The Morgan fingerprint density at radius 1 is 1.16 bits per heavy atom. The van der Waals surface area contributed by atoms with Crippen molar-refractivity contribution in [1.82, 2.24) is 24.5 Å². The first-order valence-corrected chi connectivity index (χ1v) is 10.9. The van der Waals surface area contributed by atoms with Gasteiger partial charge in [-0.15, -0.1) is 0 Å². The second-order valence-electron chi connectivity index (χ2n) is 9.45. The quantitative estimate of drug-likeness (QED) is 0.622. The predicted molar refractivity (Wildman–Crippen MR) is 120 cm³/mol. The van der Waals surface area contributed by atoms with Crippen molar-refractivity contribution in [3.63, 3.8) is 0 Å². The average molecular weight is 437 g/mol. The highest BCUT2D eigenvalue weighted by atomic mass is 16.6. The number of rotatable bonds is 3. The van der Waals surface area contributed by atoms with E-state index in [-0.39, 0.29) is 11.6 Å². The van der Waals surface area contributed by atoms with Gasteiger partial charge in [0.1, 0.15) is 11.4 Å². The molecule has 1 aliphatic carbocycles. The molecule has 0 N–H and O–H groups in total. The Morgan fingerprint density at radius 2 is 1.97 bits per heavy atom. The molecule has 0 unspecified atom stereocenters. The first-order chi connectivity index (χ1) is 15.3. The minimum atomic E-state index is -0.497. The van der Waals surface area contributed by atoms with E-state index >= 15 is 0 Å². The van der Waals surface area contributed by atoms with E-state index in [0.717, 1.165) is 42.0 Å². The molecule has 0 radical (unpaired) electrons. The van der Waals surface area contributed by atoms with Crippen molar-refractivity contribution in [2.24, 2.45) is 0 Å². The lowest BCUT2D eigenvalue weighted by molar-refractivity contribution is 0.0106. The number of nitrogens with zero attached hydrogens (tertiary/aromatic N) is 6. The summed E-state index contributed by atoms with van der Waals surface area (Å²) >= 11 is 0. The highest BCUT2D eigenvalue weighted by molar-refractivity contribution is 5.80. The Bertz CT molecular complexity index is 1160. The number of fused-ring (bicyclic) bond motifs is 1. The maximum absolute atomic E-state index is 12.8. The maximum Gasteiger partial charge on any atom is 0.410 e. The molecule has 168 valence electrons. The first-order valence-electron chi connectivity index (χ1n) is 10.9. The van der Waals surface area contributed by atoms with Crippen LogP contribution < -0.4 is 9.64 Å². The second-order valence-corrected chi connectivity index (χ2v) is 9.45. The third-order valence-corrected chi connectivity index (χ3v) is 6.03. The van der Waals surface area contributed by atoms with Gasteiger partial charge < -0.3 is 14.4 Å². The molecule has 0 atom stereocenters. The highest BCUT2D eigenvalue weighted by Crippen LogP contribution is 2.45. The zero-order chi connectivity index (χ0) is 22.5. The monoisotopic (exact) mass is 436 g/mol. The smallest absolute Gasteiger partial charge is 0.410 e. The number of aromatic nitrogens is 4. The number of methoxy groups -OCH3 is 1. The third kappa shape index (κ3) is 3.61. The summed E-state index contributed by atoms with van der Waals surface area (Å²) in [6, 6.07) is 5.80. The minimum Gasteiger partial charge on any atom is -0.481 e. The van der Waals surface area contributed by atoms with E-state index in [1.54, 1.807) is 24.0 Å². The van der Waals surface area contributed by atoms with Gasteiger partial charge in [0.15, 0.2) is 5.65 Å². The molecule has 3 aromatic heterocycles. The summed E-state index contributed by atoms with van der Waals surface area (Å²) in [6.07, 6.45) is 7.15. The van der Waals surface area contributed by atoms with Gasteiger partial charge in [0.2, 0.25) is 5.88 Å². The van der Waals surface area contributed by atoms with Crippen molar-refractivity contribution in [3.8, 4) is 17.0 Å². The summed E-state index contributed by atoms with van der Waals surface area (Å²) in [5.41, 5.74) is 1.80. The van der Waals surface area contributed by atoms with Crippen LogP contribution in [-0.2, 0) is 4.74 Å². The van der Waals surface area contributed by atoms with Crippen molar-refractivity contribution in [3.05, 3.63) is 36.8 Å². The lowest BCUT2D eigenvalue weighted by Crippen LogP contribution is -2.58. The van der Waals surface area contributed by atoms with Crippen molar-refractivity contribution < 1.29 is 14.3 Å².